The zero-order chi connectivity index (χ0) is 29.8. The normalized spacial score (nSPS) is 14.6. The Morgan fingerprint density at radius 2 is 1.46 bits per heavy atom. The van der Waals surface area contributed by atoms with E-state index in [0.717, 1.165) is 5.56 Å². The molecule has 0 fully saturated rings. The van der Waals surface area contributed by atoms with E-state index >= 15 is 0 Å². The Hall–Kier alpha value is -4.86. The fraction of sp³-hybridized carbons (Fsp3) is 0.258. The first-order valence-corrected chi connectivity index (χ1v) is 13.1. The van der Waals surface area contributed by atoms with Crippen molar-refractivity contribution in [3.63, 3.8) is 0 Å². The van der Waals surface area contributed by atoms with Crippen LogP contribution in [0.3, 0.4) is 0 Å². The largest absolute Gasteiger partial charge is 0.461 e. The molecule has 0 amide bonds. The minimum atomic E-state index is -0.804. The third-order valence-electron chi connectivity index (χ3n) is 6.04. The molecule has 1 atom stereocenters. The number of ether oxygens (including phenoxy) is 3. The highest BCUT2D eigenvalue weighted by Gasteiger charge is 2.38. The van der Waals surface area contributed by atoms with Gasteiger partial charge < -0.3 is 19.5 Å². The van der Waals surface area contributed by atoms with Gasteiger partial charge in [-0.2, -0.15) is 10.5 Å². The van der Waals surface area contributed by atoms with Gasteiger partial charge >= 0.3 is 17.9 Å². The van der Waals surface area contributed by atoms with Gasteiger partial charge in [0.15, 0.2) is 0 Å². The van der Waals surface area contributed by atoms with E-state index in [1.807, 2.05) is 12.1 Å². The zero-order valence-corrected chi connectivity index (χ0v) is 23.4. The van der Waals surface area contributed by atoms with Crippen molar-refractivity contribution < 1.29 is 28.6 Å². The third-order valence-corrected chi connectivity index (χ3v) is 6.28. The second-order valence-corrected chi connectivity index (χ2v) is 9.34. The number of dihydropyridines is 1. The molecule has 1 aliphatic rings. The Bertz CT molecular complexity index is 1480. The van der Waals surface area contributed by atoms with Crippen LogP contribution in [0.4, 0.5) is 0 Å². The van der Waals surface area contributed by atoms with Gasteiger partial charge in [0.1, 0.15) is 19.8 Å². The molecule has 9 nitrogen and oxygen atoms in total. The van der Waals surface area contributed by atoms with Gasteiger partial charge in [-0.3, -0.25) is 0 Å². The smallest absolute Gasteiger partial charge is 0.338 e. The fourth-order valence-corrected chi connectivity index (χ4v) is 4.41. The first kappa shape index (κ1) is 30.7. The van der Waals surface area contributed by atoms with Crippen LogP contribution in [0.1, 0.15) is 54.1 Å². The minimum absolute atomic E-state index is 0.0329. The topological polar surface area (TPSA) is 139 Å². The summed E-state index contributed by atoms with van der Waals surface area (Å²) in [6, 6.07) is 17.3. The molecule has 0 aliphatic carbocycles. The monoisotopic (exact) mass is 573 g/mol. The van der Waals surface area contributed by atoms with E-state index in [1.165, 1.54) is 0 Å². The van der Waals surface area contributed by atoms with E-state index in [-0.39, 0.29) is 43.8 Å². The summed E-state index contributed by atoms with van der Waals surface area (Å²) >= 11 is 6.25. The van der Waals surface area contributed by atoms with E-state index < -0.39 is 23.8 Å². The minimum Gasteiger partial charge on any atom is -0.461 e. The summed E-state index contributed by atoms with van der Waals surface area (Å²) in [6.07, 6.45) is 3.55. The number of carbonyl (C=O) groups excluding carboxylic acids is 3. The average molecular weight is 574 g/mol. The van der Waals surface area contributed by atoms with E-state index in [4.69, 9.17) is 36.3 Å². The van der Waals surface area contributed by atoms with Crippen molar-refractivity contribution in [3.8, 4) is 12.1 Å². The van der Waals surface area contributed by atoms with Crippen molar-refractivity contribution in [2.45, 2.75) is 32.6 Å². The number of nitriles is 2. The van der Waals surface area contributed by atoms with Gasteiger partial charge in [-0.05, 0) is 55.3 Å². The van der Waals surface area contributed by atoms with Gasteiger partial charge in [-0.25, -0.2) is 14.4 Å². The lowest BCUT2D eigenvalue weighted by Gasteiger charge is -2.30. The van der Waals surface area contributed by atoms with Crippen molar-refractivity contribution in [3.05, 3.63) is 98.9 Å². The molecule has 1 N–H and O–H groups in total. The van der Waals surface area contributed by atoms with Crippen LogP contribution in [0.2, 0.25) is 5.02 Å². The lowest BCUT2D eigenvalue weighted by Crippen LogP contribution is -2.32. The van der Waals surface area contributed by atoms with Crippen LogP contribution in [0, 0.1) is 22.7 Å². The molecule has 0 bridgehead atoms. The van der Waals surface area contributed by atoms with Crippen LogP contribution >= 0.6 is 11.6 Å². The van der Waals surface area contributed by atoms with Crippen LogP contribution in [-0.4, -0.2) is 37.7 Å². The standard InChI is InChI=1S/C31H28ClN3O6/c1-20-26(30(37)40-16-4-7-22-10-12-23(13-11-22)29(36)39-17-5-14-33)28(24-8-3-9-25(32)19-24)27(21(2)35-20)31(38)41-18-6-15-34/h3-4,7-13,19,28,35H,5-6,16-18H2,1-2H3/b7-4+. The number of hydrogen-bond donors (Lipinski definition) is 1. The quantitative estimate of drug-likeness (QED) is 0.214. The summed E-state index contributed by atoms with van der Waals surface area (Å²) in [5.74, 6) is -2.59. The van der Waals surface area contributed by atoms with Crippen LogP contribution < -0.4 is 5.32 Å². The summed E-state index contributed by atoms with van der Waals surface area (Å²) in [4.78, 5) is 38.4. The van der Waals surface area contributed by atoms with Crippen molar-refractivity contribution in [1.82, 2.24) is 5.32 Å². The Balaban J connectivity index is 1.75. The Morgan fingerprint density at radius 1 is 0.878 bits per heavy atom. The van der Waals surface area contributed by atoms with E-state index in [0.29, 0.717) is 27.5 Å². The Morgan fingerprint density at radius 3 is 2.05 bits per heavy atom. The van der Waals surface area contributed by atoms with E-state index in [2.05, 4.69) is 5.32 Å². The fourth-order valence-electron chi connectivity index (χ4n) is 4.21. The molecule has 0 saturated carbocycles. The summed E-state index contributed by atoms with van der Waals surface area (Å²) < 4.78 is 15.9. The molecular weight excluding hydrogens is 546 g/mol. The molecule has 1 heterocycles. The molecular formula is C31H28ClN3O6. The van der Waals surface area contributed by atoms with Crippen molar-refractivity contribution in [1.29, 1.82) is 10.5 Å². The first-order chi connectivity index (χ1) is 19.8. The van der Waals surface area contributed by atoms with Gasteiger partial charge in [0.05, 0.1) is 47.6 Å². The molecule has 1 unspecified atom stereocenters. The molecule has 0 spiro atoms. The SMILES string of the molecule is CC1=C(C(=O)OC/C=C/c2ccc(C(=O)OCCC#N)cc2)C(c2cccc(Cl)c2)C(C(=O)OCCC#N)=C(C)N1. The number of nitrogens with zero attached hydrogens (tertiary/aromatic N) is 2. The Labute approximate surface area is 243 Å². The van der Waals surface area contributed by atoms with E-state index in [9.17, 15) is 14.4 Å². The summed E-state index contributed by atoms with van der Waals surface area (Å²) in [5.41, 5.74) is 3.23. The molecule has 3 rings (SSSR count). The van der Waals surface area contributed by atoms with Gasteiger partial charge in [0.2, 0.25) is 0 Å². The Kier molecular flexibility index (Phi) is 11.3. The average Bonchev–Trinajstić information content (AvgIpc) is 2.95. The molecule has 1 aliphatic heterocycles. The molecule has 0 saturated heterocycles. The maximum absolute atomic E-state index is 13.4. The number of carbonyl (C=O) groups is 3. The van der Waals surface area contributed by atoms with Crippen molar-refractivity contribution in [2.24, 2.45) is 0 Å². The maximum Gasteiger partial charge on any atom is 0.338 e. The molecule has 2 aromatic rings. The molecule has 41 heavy (non-hydrogen) atoms. The van der Waals surface area contributed by atoms with Gasteiger partial charge in [0.25, 0.3) is 0 Å². The lowest BCUT2D eigenvalue weighted by molar-refractivity contribution is -0.139. The van der Waals surface area contributed by atoms with Crippen LogP contribution in [0.5, 0.6) is 0 Å². The number of benzene rings is 2. The zero-order valence-electron chi connectivity index (χ0n) is 22.6. The van der Waals surface area contributed by atoms with Crippen LogP contribution in [0.15, 0.2) is 77.1 Å². The number of rotatable bonds is 11. The molecule has 0 aromatic heterocycles. The molecule has 210 valence electrons. The number of hydrogen-bond acceptors (Lipinski definition) is 9. The van der Waals surface area contributed by atoms with E-state index in [1.54, 1.807) is 74.5 Å². The van der Waals surface area contributed by atoms with Crippen LogP contribution in [-0.2, 0) is 23.8 Å². The van der Waals surface area contributed by atoms with Crippen molar-refractivity contribution >= 4 is 35.6 Å². The predicted molar refractivity (Wildman–Crippen MR) is 151 cm³/mol. The highest BCUT2D eigenvalue weighted by Crippen LogP contribution is 2.40. The molecule has 2 aromatic carbocycles. The number of halogens is 1. The predicted octanol–water partition coefficient (Wildman–Crippen LogP) is 5.36. The number of esters is 3. The highest BCUT2D eigenvalue weighted by atomic mass is 35.5. The highest BCUT2D eigenvalue weighted by molar-refractivity contribution is 6.30. The molecule has 10 heteroatoms. The molecule has 0 radical (unpaired) electrons. The van der Waals surface area contributed by atoms with Gasteiger partial charge in [-0.15, -0.1) is 0 Å². The van der Waals surface area contributed by atoms with Gasteiger partial charge in [0, 0.05) is 16.4 Å². The number of nitrogens with one attached hydrogen (secondary N) is 1. The van der Waals surface area contributed by atoms with Gasteiger partial charge in [-0.1, -0.05) is 41.9 Å². The third kappa shape index (κ3) is 8.31. The van der Waals surface area contributed by atoms with Crippen molar-refractivity contribution in [2.75, 3.05) is 19.8 Å². The number of allylic oxidation sites excluding steroid dienone is 2. The first-order valence-electron chi connectivity index (χ1n) is 12.7. The summed E-state index contributed by atoms with van der Waals surface area (Å²) in [7, 11) is 0. The maximum atomic E-state index is 13.4. The lowest BCUT2D eigenvalue weighted by atomic mass is 9.80. The summed E-state index contributed by atoms with van der Waals surface area (Å²) in [5, 5.41) is 20.9. The summed E-state index contributed by atoms with van der Waals surface area (Å²) in [6.45, 7) is 3.33. The second kappa shape index (κ2) is 15.1. The second-order valence-electron chi connectivity index (χ2n) is 8.90. The van der Waals surface area contributed by atoms with Crippen LogP contribution in [0.25, 0.3) is 6.08 Å².